The Morgan fingerprint density at radius 1 is 0.714 bits per heavy atom. The first kappa shape index (κ1) is 13.9. The van der Waals surface area contributed by atoms with Crippen LogP contribution >= 0.6 is 0 Å². The van der Waals surface area contributed by atoms with E-state index in [1.165, 1.54) is 0 Å². The van der Waals surface area contributed by atoms with Crippen molar-refractivity contribution in [2.75, 3.05) is 13.1 Å². The van der Waals surface area contributed by atoms with Crippen molar-refractivity contribution in [2.45, 2.75) is 53.6 Å². The SMILES string of the molecule is CC(C)NCC(CNC(C)C)C(C)C. The lowest BCUT2D eigenvalue weighted by atomic mass is 9.95. The molecule has 0 aromatic rings. The van der Waals surface area contributed by atoms with Crippen molar-refractivity contribution in [3.05, 3.63) is 0 Å². The van der Waals surface area contributed by atoms with E-state index in [1.807, 2.05) is 0 Å². The topological polar surface area (TPSA) is 24.1 Å². The Bertz CT molecular complexity index is 118. The molecule has 2 N–H and O–H groups in total. The summed E-state index contributed by atoms with van der Waals surface area (Å²) in [6, 6.07) is 1.19. The summed E-state index contributed by atoms with van der Waals surface area (Å²) in [6.45, 7) is 15.6. The molecule has 0 heterocycles. The van der Waals surface area contributed by atoms with Crippen LogP contribution in [-0.2, 0) is 0 Å². The van der Waals surface area contributed by atoms with Crippen LogP contribution in [0.15, 0.2) is 0 Å². The van der Waals surface area contributed by atoms with E-state index in [1.54, 1.807) is 0 Å². The summed E-state index contributed by atoms with van der Waals surface area (Å²) in [6.07, 6.45) is 0. The van der Waals surface area contributed by atoms with Crippen LogP contribution in [0.1, 0.15) is 41.5 Å². The smallest absolute Gasteiger partial charge is 0.00105 e. The van der Waals surface area contributed by atoms with Gasteiger partial charge in [-0.1, -0.05) is 41.5 Å². The number of hydrogen-bond acceptors (Lipinski definition) is 2. The summed E-state index contributed by atoms with van der Waals surface area (Å²) in [5.41, 5.74) is 0. The molecule has 0 bridgehead atoms. The van der Waals surface area contributed by atoms with Gasteiger partial charge in [-0.15, -0.1) is 0 Å². The second-order valence-corrected chi connectivity index (χ2v) is 5.13. The summed E-state index contributed by atoms with van der Waals surface area (Å²) in [4.78, 5) is 0. The van der Waals surface area contributed by atoms with Gasteiger partial charge in [-0.3, -0.25) is 0 Å². The maximum absolute atomic E-state index is 3.51. The van der Waals surface area contributed by atoms with E-state index < -0.39 is 0 Å². The molecule has 0 aromatic carbocycles. The number of nitrogens with one attached hydrogen (secondary N) is 2. The van der Waals surface area contributed by atoms with Gasteiger partial charge in [0, 0.05) is 12.1 Å². The molecule has 0 aliphatic rings. The van der Waals surface area contributed by atoms with Gasteiger partial charge in [0.2, 0.25) is 0 Å². The van der Waals surface area contributed by atoms with Gasteiger partial charge in [0.15, 0.2) is 0 Å². The summed E-state index contributed by atoms with van der Waals surface area (Å²) < 4.78 is 0. The lowest BCUT2D eigenvalue weighted by molar-refractivity contribution is 0.326. The van der Waals surface area contributed by atoms with Crippen molar-refractivity contribution in [1.82, 2.24) is 10.6 Å². The molecule has 0 aromatic heterocycles. The summed E-state index contributed by atoms with van der Waals surface area (Å²) >= 11 is 0. The average Bonchev–Trinajstić information content (AvgIpc) is 2.02. The molecule has 0 radical (unpaired) electrons. The predicted octanol–water partition coefficient (Wildman–Crippen LogP) is 2.25. The van der Waals surface area contributed by atoms with Crippen LogP contribution in [0, 0.1) is 11.8 Å². The molecule has 0 atom stereocenters. The number of hydrogen-bond donors (Lipinski definition) is 2. The van der Waals surface area contributed by atoms with Crippen LogP contribution in [0.3, 0.4) is 0 Å². The molecule has 14 heavy (non-hydrogen) atoms. The first-order valence-electron chi connectivity index (χ1n) is 5.90. The minimum absolute atomic E-state index is 0.593. The molecule has 0 fully saturated rings. The standard InChI is InChI=1S/C12H28N2/c1-9(2)12(7-13-10(3)4)8-14-11(5)6/h9-14H,7-8H2,1-6H3. The highest BCUT2D eigenvalue weighted by atomic mass is 14.9. The van der Waals surface area contributed by atoms with Gasteiger partial charge in [0.1, 0.15) is 0 Å². The van der Waals surface area contributed by atoms with Gasteiger partial charge in [0.25, 0.3) is 0 Å². The van der Waals surface area contributed by atoms with E-state index in [0.29, 0.717) is 12.1 Å². The Morgan fingerprint density at radius 2 is 1.07 bits per heavy atom. The largest absolute Gasteiger partial charge is 0.314 e. The molecule has 0 unspecified atom stereocenters. The summed E-state index contributed by atoms with van der Waals surface area (Å²) in [5.74, 6) is 1.48. The van der Waals surface area contributed by atoms with Crippen molar-refractivity contribution in [3.8, 4) is 0 Å². The zero-order valence-corrected chi connectivity index (χ0v) is 10.7. The zero-order valence-electron chi connectivity index (χ0n) is 10.7. The summed E-state index contributed by atoms with van der Waals surface area (Å²) in [7, 11) is 0. The molecule has 86 valence electrons. The van der Waals surface area contributed by atoms with Crippen molar-refractivity contribution in [2.24, 2.45) is 11.8 Å². The third-order valence-electron chi connectivity index (χ3n) is 2.52. The quantitative estimate of drug-likeness (QED) is 0.659. The highest BCUT2D eigenvalue weighted by molar-refractivity contribution is 4.71. The van der Waals surface area contributed by atoms with E-state index in [2.05, 4.69) is 52.2 Å². The van der Waals surface area contributed by atoms with Crippen LogP contribution < -0.4 is 10.6 Å². The van der Waals surface area contributed by atoms with E-state index in [4.69, 9.17) is 0 Å². The van der Waals surface area contributed by atoms with Crippen LogP contribution in [0.4, 0.5) is 0 Å². The fourth-order valence-electron chi connectivity index (χ4n) is 1.32. The van der Waals surface area contributed by atoms with E-state index in [9.17, 15) is 0 Å². The highest BCUT2D eigenvalue weighted by Crippen LogP contribution is 2.09. The van der Waals surface area contributed by atoms with Gasteiger partial charge in [-0.25, -0.2) is 0 Å². The van der Waals surface area contributed by atoms with Gasteiger partial charge in [0.05, 0.1) is 0 Å². The lowest BCUT2D eigenvalue weighted by Gasteiger charge is -2.24. The Balaban J connectivity index is 3.78. The van der Waals surface area contributed by atoms with Crippen LogP contribution in [-0.4, -0.2) is 25.2 Å². The molecule has 2 nitrogen and oxygen atoms in total. The van der Waals surface area contributed by atoms with Gasteiger partial charge in [-0.05, 0) is 24.9 Å². The van der Waals surface area contributed by atoms with E-state index in [-0.39, 0.29) is 0 Å². The molecule has 0 amide bonds. The van der Waals surface area contributed by atoms with Crippen molar-refractivity contribution >= 4 is 0 Å². The Labute approximate surface area is 89.9 Å². The van der Waals surface area contributed by atoms with Gasteiger partial charge >= 0.3 is 0 Å². The maximum atomic E-state index is 3.51. The first-order chi connectivity index (χ1) is 6.43. The molecule has 0 aliphatic heterocycles. The fraction of sp³-hybridized carbons (Fsp3) is 1.00. The molecule has 0 aliphatic carbocycles. The van der Waals surface area contributed by atoms with Crippen molar-refractivity contribution in [3.63, 3.8) is 0 Å². The molecular formula is C12H28N2. The first-order valence-corrected chi connectivity index (χ1v) is 5.90. The number of rotatable bonds is 7. The second-order valence-electron chi connectivity index (χ2n) is 5.13. The molecule has 0 rings (SSSR count). The fourth-order valence-corrected chi connectivity index (χ4v) is 1.32. The lowest BCUT2D eigenvalue weighted by Crippen LogP contribution is -2.38. The van der Waals surface area contributed by atoms with Crippen LogP contribution in [0.5, 0.6) is 0 Å². The highest BCUT2D eigenvalue weighted by Gasteiger charge is 2.13. The predicted molar refractivity (Wildman–Crippen MR) is 64.6 cm³/mol. The third-order valence-corrected chi connectivity index (χ3v) is 2.52. The second kappa shape index (κ2) is 7.24. The average molecular weight is 200 g/mol. The molecule has 0 saturated carbocycles. The normalized spacial score (nSPS) is 12.4. The Kier molecular flexibility index (Phi) is 7.20. The van der Waals surface area contributed by atoms with Crippen molar-refractivity contribution < 1.29 is 0 Å². The molecular weight excluding hydrogens is 172 g/mol. The summed E-state index contributed by atoms with van der Waals surface area (Å²) in [5, 5.41) is 7.02. The minimum atomic E-state index is 0.593. The van der Waals surface area contributed by atoms with Crippen molar-refractivity contribution in [1.29, 1.82) is 0 Å². The molecule has 2 heteroatoms. The van der Waals surface area contributed by atoms with Crippen LogP contribution in [0.25, 0.3) is 0 Å². The van der Waals surface area contributed by atoms with Gasteiger partial charge in [-0.2, -0.15) is 0 Å². The maximum Gasteiger partial charge on any atom is 0.00105 e. The minimum Gasteiger partial charge on any atom is -0.314 e. The monoisotopic (exact) mass is 200 g/mol. The van der Waals surface area contributed by atoms with Gasteiger partial charge < -0.3 is 10.6 Å². The molecule has 0 saturated heterocycles. The Morgan fingerprint density at radius 3 is 1.29 bits per heavy atom. The Hall–Kier alpha value is -0.0800. The molecule has 0 spiro atoms. The van der Waals surface area contributed by atoms with E-state index in [0.717, 1.165) is 24.9 Å². The zero-order chi connectivity index (χ0) is 11.1. The van der Waals surface area contributed by atoms with Crippen LogP contribution in [0.2, 0.25) is 0 Å². The third kappa shape index (κ3) is 7.34. The van der Waals surface area contributed by atoms with E-state index >= 15 is 0 Å².